The van der Waals surface area contributed by atoms with Crippen molar-refractivity contribution in [3.8, 4) is 0 Å². The normalized spacial score (nSPS) is 13.2. The predicted octanol–water partition coefficient (Wildman–Crippen LogP) is 2.92. The third-order valence-electron chi connectivity index (χ3n) is 2.84. The number of nitrogens with zero attached hydrogens (tertiary/aromatic N) is 1. The van der Waals surface area contributed by atoms with Gasteiger partial charge in [-0.1, -0.05) is 31.5 Å². The van der Waals surface area contributed by atoms with Crippen LogP contribution in [0.3, 0.4) is 0 Å². The Morgan fingerprint density at radius 1 is 1.33 bits per heavy atom. The molecule has 96 valence electrons. The van der Waals surface area contributed by atoms with Crippen molar-refractivity contribution in [2.24, 2.45) is 0 Å². The molecule has 0 saturated heterocycles. The number of nitrogens with one attached hydrogen (secondary N) is 1. The van der Waals surface area contributed by atoms with Gasteiger partial charge in [-0.05, 0) is 23.8 Å². The molecule has 2 rings (SSSR count). The summed E-state index contributed by atoms with van der Waals surface area (Å²) >= 11 is 6.16. The van der Waals surface area contributed by atoms with Crippen molar-refractivity contribution in [2.45, 2.75) is 25.9 Å². The Labute approximate surface area is 112 Å². The van der Waals surface area contributed by atoms with E-state index in [4.69, 9.17) is 11.6 Å². The largest absolute Gasteiger partial charge is 0.394 e. The molecule has 1 aromatic carbocycles. The van der Waals surface area contributed by atoms with Crippen LogP contribution in [0.4, 0.5) is 0 Å². The lowest BCUT2D eigenvalue weighted by Crippen LogP contribution is -2.30. The van der Waals surface area contributed by atoms with Crippen molar-refractivity contribution in [1.29, 1.82) is 0 Å². The molecule has 18 heavy (non-hydrogen) atoms. The zero-order valence-corrected chi connectivity index (χ0v) is 11.3. The summed E-state index contributed by atoms with van der Waals surface area (Å²) < 4.78 is 0. The van der Waals surface area contributed by atoms with Gasteiger partial charge in [-0.2, -0.15) is 0 Å². The van der Waals surface area contributed by atoms with Crippen LogP contribution in [0.25, 0.3) is 10.9 Å². The molecule has 2 aromatic rings. The van der Waals surface area contributed by atoms with E-state index in [1.54, 1.807) is 6.20 Å². The van der Waals surface area contributed by atoms with Gasteiger partial charge in [0.25, 0.3) is 0 Å². The maximum absolute atomic E-state index is 9.53. The second-order valence-corrected chi connectivity index (χ2v) is 5.00. The van der Waals surface area contributed by atoms with E-state index in [9.17, 15) is 5.11 Å². The summed E-state index contributed by atoms with van der Waals surface area (Å²) in [4.78, 5) is 4.38. The second kappa shape index (κ2) is 5.65. The van der Waals surface area contributed by atoms with Gasteiger partial charge < -0.3 is 10.4 Å². The molecule has 0 spiro atoms. The molecule has 0 bridgehead atoms. The number of hydrogen-bond donors (Lipinski definition) is 2. The van der Waals surface area contributed by atoms with Crippen LogP contribution in [-0.2, 0) is 0 Å². The maximum Gasteiger partial charge on any atom is 0.0765 e. The van der Waals surface area contributed by atoms with Crippen LogP contribution in [0, 0.1) is 0 Å². The van der Waals surface area contributed by atoms with E-state index < -0.39 is 0 Å². The quantitative estimate of drug-likeness (QED) is 0.893. The van der Waals surface area contributed by atoms with E-state index in [2.05, 4.69) is 10.3 Å². The first-order valence-electron chi connectivity index (χ1n) is 6.03. The molecular formula is C14H17ClN2O. The van der Waals surface area contributed by atoms with Crippen LogP contribution < -0.4 is 5.32 Å². The van der Waals surface area contributed by atoms with E-state index in [-0.39, 0.29) is 18.7 Å². The van der Waals surface area contributed by atoms with Crippen LogP contribution in [0.2, 0.25) is 5.02 Å². The molecule has 0 amide bonds. The summed E-state index contributed by atoms with van der Waals surface area (Å²) in [6.45, 7) is 4.13. The van der Waals surface area contributed by atoms with Crippen molar-refractivity contribution in [3.63, 3.8) is 0 Å². The number of halogens is 1. The van der Waals surface area contributed by atoms with Gasteiger partial charge in [-0.3, -0.25) is 4.98 Å². The van der Waals surface area contributed by atoms with Gasteiger partial charge in [-0.25, -0.2) is 0 Å². The zero-order valence-electron chi connectivity index (χ0n) is 10.5. The van der Waals surface area contributed by atoms with Gasteiger partial charge >= 0.3 is 0 Å². The Hall–Kier alpha value is -1.16. The molecule has 0 saturated carbocycles. The summed E-state index contributed by atoms with van der Waals surface area (Å²) in [7, 11) is 0. The van der Waals surface area contributed by atoms with Crippen LogP contribution in [0.1, 0.15) is 25.5 Å². The summed E-state index contributed by atoms with van der Waals surface area (Å²) in [5, 5.41) is 14.5. The average Bonchev–Trinajstić information content (AvgIpc) is 2.37. The lowest BCUT2D eigenvalue weighted by atomic mass is 10.0. The highest BCUT2D eigenvalue weighted by Crippen LogP contribution is 2.28. The molecule has 0 aliphatic rings. The summed E-state index contributed by atoms with van der Waals surface area (Å²) in [6.07, 6.45) is 1.74. The molecule has 1 unspecified atom stereocenters. The fourth-order valence-corrected chi connectivity index (χ4v) is 2.30. The molecular weight excluding hydrogens is 248 g/mol. The second-order valence-electron chi connectivity index (χ2n) is 4.59. The van der Waals surface area contributed by atoms with E-state index in [0.29, 0.717) is 5.02 Å². The number of aliphatic hydroxyl groups is 1. The molecule has 3 nitrogen and oxygen atoms in total. The number of hydrogen-bond acceptors (Lipinski definition) is 3. The molecule has 1 aromatic heterocycles. The smallest absolute Gasteiger partial charge is 0.0765 e. The van der Waals surface area contributed by atoms with Gasteiger partial charge in [0, 0.05) is 22.6 Å². The maximum atomic E-state index is 9.53. The molecule has 1 heterocycles. The monoisotopic (exact) mass is 264 g/mol. The molecule has 4 heteroatoms. The summed E-state index contributed by atoms with van der Waals surface area (Å²) in [5.74, 6) is 0. The lowest BCUT2D eigenvalue weighted by molar-refractivity contribution is 0.238. The van der Waals surface area contributed by atoms with Crippen LogP contribution in [-0.4, -0.2) is 22.7 Å². The van der Waals surface area contributed by atoms with Gasteiger partial charge in [0.2, 0.25) is 0 Å². The first kappa shape index (κ1) is 13.3. The molecule has 0 aliphatic heterocycles. The number of rotatable bonds is 4. The number of aliphatic hydroxyl groups excluding tert-OH is 1. The van der Waals surface area contributed by atoms with Gasteiger partial charge in [0.1, 0.15) is 0 Å². The Morgan fingerprint density at radius 2 is 2.11 bits per heavy atom. The minimum Gasteiger partial charge on any atom is -0.394 e. The third kappa shape index (κ3) is 2.64. The van der Waals surface area contributed by atoms with Crippen LogP contribution >= 0.6 is 11.6 Å². The van der Waals surface area contributed by atoms with Crippen LogP contribution in [0.15, 0.2) is 30.5 Å². The first-order chi connectivity index (χ1) is 8.63. The molecule has 0 radical (unpaired) electrons. The van der Waals surface area contributed by atoms with Crippen molar-refractivity contribution < 1.29 is 5.11 Å². The number of fused-ring (bicyclic) bond motifs is 1. The minimum atomic E-state index is -0.125. The Balaban J connectivity index is 2.53. The first-order valence-corrected chi connectivity index (χ1v) is 6.41. The van der Waals surface area contributed by atoms with Gasteiger partial charge in [0.05, 0.1) is 18.2 Å². The highest BCUT2D eigenvalue weighted by molar-refractivity contribution is 6.35. The molecule has 0 aliphatic carbocycles. The van der Waals surface area contributed by atoms with Gasteiger partial charge in [0.15, 0.2) is 0 Å². The summed E-state index contributed by atoms with van der Waals surface area (Å²) in [5.41, 5.74) is 1.82. The van der Waals surface area contributed by atoms with E-state index >= 15 is 0 Å². The fraction of sp³-hybridized carbons (Fsp3) is 0.357. The van der Waals surface area contributed by atoms with Crippen molar-refractivity contribution >= 4 is 22.5 Å². The van der Waals surface area contributed by atoms with Crippen molar-refractivity contribution in [1.82, 2.24) is 10.3 Å². The molecule has 0 fully saturated rings. The fourth-order valence-electron chi connectivity index (χ4n) is 2.08. The molecule has 2 N–H and O–H groups in total. The SMILES string of the molecule is CC(C)NC(CO)c1ccc(Cl)c2cccnc12. The standard InChI is InChI=1S/C14H17ClN2O/c1-9(2)17-13(8-18)11-5-6-12(15)10-4-3-7-16-14(10)11/h3-7,9,13,17-18H,8H2,1-2H3. The highest BCUT2D eigenvalue weighted by atomic mass is 35.5. The van der Waals surface area contributed by atoms with Crippen molar-refractivity contribution in [3.05, 3.63) is 41.0 Å². The molecule has 1 atom stereocenters. The van der Waals surface area contributed by atoms with E-state index in [1.807, 2.05) is 38.1 Å². The number of benzene rings is 1. The third-order valence-corrected chi connectivity index (χ3v) is 3.17. The van der Waals surface area contributed by atoms with E-state index in [1.165, 1.54) is 0 Å². The predicted molar refractivity (Wildman–Crippen MR) is 74.9 cm³/mol. The summed E-state index contributed by atoms with van der Waals surface area (Å²) in [6, 6.07) is 7.75. The topological polar surface area (TPSA) is 45.1 Å². The zero-order chi connectivity index (χ0) is 13.1. The Bertz CT molecular complexity index is 542. The van der Waals surface area contributed by atoms with Gasteiger partial charge in [-0.15, -0.1) is 0 Å². The average molecular weight is 265 g/mol. The minimum absolute atomic E-state index is 0.0332. The highest BCUT2D eigenvalue weighted by Gasteiger charge is 2.16. The Kier molecular flexibility index (Phi) is 4.17. The number of pyridine rings is 1. The van der Waals surface area contributed by atoms with Crippen LogP contribution in [0.5, 0.6) is 0 Å². The Morgan fingerprint density at radius 3 is 2.78 bits per heavy atom. The van der Waals surface area contributed by atoms with E-state index in [0.717, 1.165) is 16.5 Å². The lowest BCUT2D eigenvalue weighted by Gasteiger charge is -2.20. The number of aromatic nitrogens is 1. The van der Waals surface area contributed by atoms with Crippen molar-refractivity contribution in [2.75, 3.05) is 6.61 Å².